The normalized spacial score (nSPS) is 10.1. The Morgan fingerprint density at radius 1 is 0.920 bits per heavy atom. The average molecular weight is 401 g/mol. The molecule has 6 heteroatoms. The van der Waals surface area contributed by atoms with Crippen LogP contribution in [0.5, 0.6) is 0 Å². The van der Waals surface area contributed by atoms with E-state index >= 15 is 0 Å². The minimum atomic E-state index is -1.35. The largest absolute Gasteiger partial charge is 0.488 e. The SMILES string of the molecule is CCc1ccc(-n2cc(Br)cn2)cc1.CCc1ccc(B(O)O)cc1. The van der Waals surface area contributed by atoms with Gasteiger partial charge in [-0.1, -0.05) is 50.2 Å². The lowest BCUT2D eigenvalue weighted by Crippen LogP contribution is -2.29. The van der Waals surface area contributed by atoms with Gasteiger partial charge < -0.3 is 10.0 Å². The number of hydrogen-bond acceptors (Lipinski definition) is 3. The predicted molar refractivity (Wildman–Crippen MR) is 106 cm³/mol. The van der Waals surface area contributed by atoms with Crippen molar-refractivity contribution in [3.63, 3.8) is 0 Å². The summed E-state index contributed by atoms with van der Waals surface area (Å²) in [5, 5.41) is 21.7. The minimum absolute atomic E-state index is 0.544. The van der Waals surface area contributed by atoms with Gasteiger partial charge in [0.2, 0.25) is 0 Å². The van der Waals surface area contributed by atoms with Crippen molar-refractivity contribution in [3.8, 4) is 5.69 Å². The molecule has 2 N–H and O–H groups in total. The van der Waals surface area contributed by atoms with Crippen LogP contribution >= 0.6 is 15.9 Å². The van der Waals surface area contributed by atoms with Crippen molar-refractivity contribution in [1.29, 1.82) is 0 Å². The van der Waals surface area contributed by atoms with Crippen LogP contribution in [0.3, 0.4) is 0 Å². The monoisotopic (exact) mass is 400 g/mol. The van der Waals surface area contributed by atoms with Crippen LogP contribution in [-0.2, 0) is 12.8 Å². The smallest absolute Gasteiger partial charge is 0.423 e. The summed E-state index contributed by atoms with van der Waals surface area (Å²) in [5.74, 6) is 0. The van der Waals surface area contributed by atoms with Gasteiger partial charge in [-0.3, -0.25) is 0 Å². The van der Waals surface area contributed by atoms with E-state index < -0.39 is 7.12 Å². The zero-order chi connectivity index (χ0) is 18.2. The Kier molecular flexibility index (Phi) is 7.43. The van der Waals surface area contributed by atoms with Gasteiger partial charge in [0, 0.05) is 6.20 Å². The number of aryl methyl sites for hydroxylation is 2. The number of benzene rings is 2. The van der Waals surface area contributed by atoms with Gasteiger partial charge in [0.15, 0.2) is 0 Å². The molecule has 0 fully saturated rings. The van der Waals surface area contributed by atoms with Crippen LogP contribution in [0.1, 0.15) is 25.0 Å². The van der Waals surface area contributed by atoms with Gasteiger partial charge in [-0.15, -0.1) is 0 Å². The van der Waals surface area contributed by atoms with Gasteiger partial charge in [-0.25, -0.2) is 4.68 Å². The Balaban J connectivity index is 0.000000186. The van der Waals surface area contributed by atoms with Gasteiger partial charge >= 0.3 is 7.12 Å². The van der Waals surface area contributed by atoms with Crippen LogP contribution in [0.4, 0.5) is 0 Å². The second-order valence-corrected chi connectivity index (χ2v) is 6.51. The number of aromatic nitrogens is 2. The maximum atomic E-state index is 8.74. The summed E-state index contributed by atoms with van der Waals surface area (Å²) in [6, 6.07) is 15.7. The zero-order valence-electron chi connectivity index (χ0n) is 14.4. The number of hydrogen-bond donors (Lipinski definition) is 2. The third-order valence-electron chi connectivity index (χ3n) is 3.85. The van der Waals surface area contributed by atoms with Crippen LogP contribution in [0, 0.1) is 0 Å². The molecule has 0 atom stereocenters. The lowest BCUT2D eigenvalue weighted by molar-refractivity contribution is 0.426. The van der Waals surface area contributed by atoms with Crippen molar-refractivity contribution < 1.29 is 10.0 Å². The summed E-state index contributed by atoms with van der Waals surface area (Å²) in [6.45, 7) is 4.21. The lowest BCUT2D eigenvalue weighted by atomic mass is 9.80. The molecular weight excluding hydrogens is 379 g/mol. The summed E-state index contributed by atoms with van der Waals surface area (Å²) >= 11 is 3.37. The van der Waals surface area contributed by atoms with E-state index in [0.29, 0.717) is 5.46 Å². The van der Waals surface area contributed by atoms with E-state index in [0.717, 1.165) is 23.0 Å². The van der Waals surface area contributed by atoms with E-state index in [2.05, 4.69) is 59.1 Å². The van der Waals surface area contributed by atoms with Crippen molar-refractivity contribution in [2.45, 2.75) is 26.7 Å². The summed E-state index contributed by atoms with van der Waals surface area (Å²) in [7, 11) is -1.35. The molecule has 25 heavy (non-hydrogen) atoms. The Labute approximate surface area is 157 Å². The molecule has 2 aromatic carbocycles. The van der Waals surface area contributed by atoms with Crippen molar-refractivity contribution in [1.82, 2.24) is 9.78 Å². The predicted octanol–water partition coefficient (Wildman–Crippen LogP) is 3.13. The summed E-state index contributed by atoms with van der Waals surface area (Å²) in [6.07, 6.45) is 5.78. The second-order valence-electron chi connectivity index (χ2n) is 5.59. The fourth-order valence-electron chi connectivity index (χ4n) is 2.25. The first-order chi connectivity index (χ1) is 12.0. The highest BCUT2D eigenvalue weighted by atomic mass is 79.9. The molecule has 0 saturated carbocycles. The minimum Gasteiger partial charge on any atom is -0.423 e. The average Bonchev–Trinajstić information content (AvgIpc) is 3.09. The van der Waals surface area contributed by atoms with Gasteiger partial charge in [0.1, 0.15) is 0 Å². The molecule has 0 aliphatic rings. The third kappa shape index (κ3) is 5.85. The first kappa shape index (κ1) is 19.4. The van der Waals surface area contributed by atoms with Crippen molar-refractivity contribution in [2.75, 3.05) is 0 Å². The molecule has 4 nitrogen and oxygen atoms in total. The van der Waals surface area contributed by atoms with Crippen LogP contribution in [0.2, 0.25) is 0 Å². The Morgan fingerprint density at radius 3 is 1.84 bits per heavy atom. The third-order valence-corrected chi connectivity index (χ3v) is 4.26. The fraction of sp³-hybridized carbons (Fsp3) is 0.211. The van der Waals surface area contributed by atoms with Gasteiger partial charge in [0.25, 0.3) is 0 Å². The van der Waals surface area contributed by atoms with Gasteiger partial charge in [0.05, 0.1) is 16.4 Å². The summed E-state index contributed by atoms with van der Waals surface area (Å²) in [4.78, 5) is 0. The first-order valence-electron chi connectivity index (χ1n) is 8.28. The maximum Gasteiger partial charge on any atom is 0.488 e. The zero-order valence-corrected chi connectivity index (χ0v) is 16.0. The van der Waals surface area contributed by atoms with Gasteiger partial charge in [-0.05, 0) is 57.5 Å². The Hall–Kier alpha value is -1.89. The highest BCUT2D eigenvalue weighted by molar-refractivity contribution is 9.10. The molecule has 0 amide bonds. The Morgan fingerprint density at radius 2 is 1.44 bits per heavy atom. The highest BCUT2D eigenvalue weighted by Gasteiger charge is 2.08. The standard InChI is InChI=1S/C11H11BrN2.C8H11BO2/c1-2-9-3-5-11(6-4-9)14-8-10(12)7-13-14;1-2-7-3-5-8(6-4-7)9(10)11/h3-8H,2H2,1H3;3-6,10-11H,2H2,1H3. The molecule has 130 valence electrons. The molecule has 0 radical (unpaired) electrons. The van der Waals surface area contributed by atoms with E-state index in [4.69, 9.17) is 10.0 Å². The van der Waals surface area contributed by atoms with E-state index in [1.807, 2.05) is 23.0 Å². The summed E-state index contributed by atoms with van der Waals surface area (Å²) < 4.78 is 2.85. The first-order valence-corrected chi connectivity index (χ1v) is 9.07. The molecule has 0 aliphatic heterocycles. The second kappa shape index (κ2) is 9.56. The van der Waals surface area contributed by atoms with E-state index in [-0.39, 0.29) is 0 Å². The molecule has 1 heterocycles. The number of rotatable bonds is 4. The summed E-state index contributed by atoms with van der Waals surface area (Å²) in [5.41, 5.74) is 4.18. The number of nitrogens with zero attached hydrogens (tertiary/aromatic N) is 2. The van der Waals surface area contributed by atoms with E-state index in [1.54, 1.807) is 18.3 Å². The molecule has 3 rings (SSSR count). The van der Waals surface area contributed by atoms with Crippen LogP contribution in [0.25, 0.3) is 5.69 Å². The molecule has 0 aliphatic carbocycles. The van der Waals surface area contributed by atoms with Crippen molar-refractivity contribution in [3.05, 3.63) is 76.5 Å². The maximum absolute atomic E-state index is 8.74. The molecule has 0 bridgehead atoms. The topological polar surface area (TPSA) is 58.3 Å². The molecule has 0 unspecified atom stereocenters. The molecule has 0 saturated heterocycles. The van der Waals surface area contributed by atoms with Crippen LogP contribution in [0.15, 0.2) is 65.4 Å². The quantitative estimate of drug-likeness (QED) is 0.661. The molecule has 0 spiro atoms. The van der Waals surface area contributed by atoms with Gasteiger partial charge in [-0.2, -0.15) is 5.10 Å². The van der Waals surface area contributed by atoms with Crippen LogP contribution < -0.4 is 5.46 Å². The van der Waals surface area contributed by atoms with Crippen molar-refractivity contribution in [2.24, 2.45) is 0 Å². The highest BCUT2D eigenvalue weighted by Crippen LogP contribution is 2.13. The molecule has 3 aromatic rings. The van der Waals surface area contributed by atoms with Crippen molar-refractivity contribution >= 4 is 28.5 Å². The molecular formula is C19H22BBrN2O2. The van der Waals surface area contributed by atoms with E-state index in [1.165, 1.54) is 11.1 Å². The number of halogens is 1. The fourth-order valence-corrected chi connectivity index (χ4v) is 2.54. The van der Waals surface area contributed by atoms with Crippen LogP contribution in [-0.4, -0.2) is 26.9 Å². The van der Waals surface area contributed by atoms with E-state index in [9.17, 15) is 0 Å². The Bertz CT molecular complexity index is 771. The molecule has 1 aromatic heterocycles. The lowest BCUT2D eigenvalue weighted by Gasteiger charge is -2.01.